The highest BCUT2D eigenvalue weighted by atomic mass is 127. The average molecular weight is 458 g/mol. The van der Waals surface area contributed by atoms with Crippen molar-refractivity contribution in [1.29, 1.82) is 0 Å². The van der Waals surface area contributed by atoms with Crippen LogP contribution in [-0.2, 0) is 4.74 Å². The largest absolute Gasteiger partial charge is 0.673 e. The summed E-state index contributed by atoms with van der Waals surface area (Å²) in [5.74, 6) is 1.02. The number of rotatable bonds is 6. The summed E-state index contributed by atoms with van der Waals surface area (Å²) in [4.78, 5) is 1.41. The second-order valence-corrected chi connectivity index (χ2v) is 8.24. The van der Waals surface area contributed by atoms with Gasteiger partial charge in [-0.15, -0.1) is 11.8 Å². The van der Waals surface area contributed by atoms with Crippen molar-refractivity contribution in [3.05, 3.63) is 61.7 Å². The normalized spacial score (nSPS) is 10.8. The Morgan fingerprint density at radius 1 is 0.957 bits per heavy atom. The van der Waals surface area contributed by atoms with Crippen LogP contribution in [0.5, 0.6) is 0 Å². The van der Waals surface area contributed by atoms with E-state index in [9.17, 15) is 17.3 Å². The van der Waals surface area contributed by atoms with E-state index in [0.29, 0.717) is 0 Å². The number of hydrogen-bond donors (Lipinski definition) is 0. The highest BCUT2D eigenvalue weighted by molar-refractivity contribution is 7.99. The van der Waals surface area contributed by atoms with Gasteiger partial charge in [0.05, 0.1) is 11.5 Å². The van der Waals surface area contributed by atoms with Crippen LogP contribution in [0, 0.1) is 7.14 Å². The summed E-state index contributed by atoms with van der Waals surface area (Å²) in [6.45, 7) is 0.808. The summed E-state index contributed by atoms with van der Waals surface area (Å²) in [6, 6.07) is 19.5. The van der Waals surface area contributed by atoms with Gasteiger partial charge in [-0.2, -0.15) is 0 Å². The van der Waals surface area contributed by atoms with Gasteiger partial charge in [-0.25, -0.2) is 0 Å². The van der Waals surface area contributed by atoms with E-state index in [2.05, 4.69) is 54.6 Å². The highest BCUT2D eigenvalue weighted by Crippen LogP contribution is 2.16. The summed E-state index contributed by atoms with van der Waals surface area (Å²) in [5.41, 5.74) is 0. The van der Waals surface area contributed by atoms with E-state index in [-0.39, 0.29) is 21.2 Å². The predicted molar refractivity (Wildman–Crippen MR) is 83.1 cm³/mol. The number of methoxy groups -OCH3 is 1. The van der Waals surface area contributed by atoms with Crippen molar-refractivity contribution in [3.8, 4) is 0 Å². The number of thioether (sulfide) groups is 1. The predicted octanol–water partition coefficient (Wildman–Crippen LogP) is 1.85. The lowest BCUT2D eigenvalue weighted by atomic mass is 10.3. The van der Waals surface area contributed by atoms with Crippen molar-refractivity contribution in [1.82, 2.24) is 0 Å². The molecule has 0 aliphatic heterocycles. The van der Waals surface area contributed by atoms with Gasteiger partial charge in [-0.3, -0.25) is 0 Å². The summed E-state index contributed by atoms with van der Waals surface area (Å²) >= 11 is 1.82. The first kappa shape index (κ1) is 20.3. The van der Waals surface area contributed by atoms with Crippen LogP contribution in [0.2, 0.25) is 0 Å². The lowest BCUT2D eigenvalue weighted by molar-refractivity contribution is -0.601. The zero-order valence-corrected chi connectivity index (χ0v) is 15.4. The van der Waals surface area contributed by atoms with Crippen LogP contribution < -0.4 is 21.2 Å². The Morgan fingerprint density at radius 3 is 2.13 bits per heavy atom. The van der Waals surface area contributed by atoms with Crippen molar-refractivity contribution >= 4 is 19.0 Å². The Kier molecular flexibility index (Phi) is 9.65. The van der Waals surface area contributed by atoms with Gasteiger partial charge < -0.3 is 22.0 Å². The molecule has 8 heteroatoms. The molecule has 0 spiro atoms. The first-order valence-electron chi connectivity index (χ1n) is 6.68. The summed E-state index contributed by atoms with van der Waals surface area (Å²) in [7, 11) is -4.25. The van der Waals surface area contributed by atoms with Crippen molar-refractivity contribution < 1.29 is 43.2 Å². The zero-order valence-electron chi connectivity index (χ0n) is 12.4. The van der Waals surface area contributed by atoms with Gasteiger partial charge in [0.25, 0.3) is 0 Å². The van der Waals surface area contributed by atoms with Gasteiger partial charge in [-0.05, 0) is 24.3 Å². The third-order valence-corrected chi connectivity index (χ3v) is 6.59. The topological polar surface area (TPSA) is 9.23 Å². The highest BCUT2D eigenvalue weighted by Gasteiger charge is 2.20. The molecule has 2 rings (SSSR count). The van der Waals surface area contributed by atoms with Gasteiger partial charge >= 0.3 is 28.5 Å². The molecule has 0 radical (unpaired) electrons. The fourth-order valence-electron chi connectivity index (χ4n) is 1.47. The number of ether oxygens (including phenoxy) is 1. The van der Waals surface area contributed by atoms with Crippen LogP contribution in [-0.4, -0.2) is 26.7 Å². The molecular weight excluding hydrogens is 442 g/mol. The standard InChI is InChI=1S/C15H16IOS.BF4/c1-17-11-12-18-15-10-6-5-9-14(15)16-13-7-3-2-4-8-13;2-1(3,4)5/h2-10H,11-12H2,1H3;/q+1;-1. The molecule has 0 fully saturated rings. The number of hydrogen-bond acceptors (Lipinski definition) is 2. The fourth-order valence-corrected chi connectivity index (χ4v) is 5.33. The van der Waals surface area contributed by atoms with Crippen LogP contribution in [0.1, 0.15) is 0 Å². The molecule has 0 saturated heterocycles. The molecule has 0 amide bonds. The van der Waals surface area contributed by atoms with E-state index in [1.54, 1.807) is 7.11 Å². The molecule has 0 heterocycles. The SMILES string of the molecule is COCCSc1ccccc1[I+]c1ccccc1.F[B-](F)(F)F. The second kappa shape index (κ2) is 10.9. The van der Waals surface area contributed by atoms with Crippen molar-refractivity contribution in [2.75, 3.05) is 19.5 Å². The monoisotopic (exact) mass is 458 g/mol. The van der Waals surface area contributed by atoms with Crippen LogP contribution in [0.3, 0.4) is 0 Å². The summed E-state index contributed by atoms with van der Waals surface area (Å²) < 4.78 is 47.1. The van der Waals surface area contributed by atoms with Gasteiger partial charge in [0.15, 0.2) is 3.57 Å². The van der Waals surface area contributed by atoms with Gasteiger partial charge in [0.2, 0.25) is 3.57 Å². The molecule has 2 aromatic rings. The van der Waals surface area contributed by atoms with Crippen LogP contribution in [0.25, 0.3) is 0 Å². The van der Waals surface area contributed by atoms with E-state index < -0.39 is 7.25 Å². The molecule has 2 aromatic carbocycles. The molecule has 0 bridgehead atoms. The first-order valence-corrected chi connectivity index (χ1v) is 9.82. The van der Waals surface area contributed by atoms with E-state index in [0.717, 1.165) is 12.4 Å². The molecule has 126 valence electrons. The molecule has 0 saturated carbocycles. The maximum absolute atomic E-state index is 9.75. The van der Waals surface area contributed by atoms with Gasteiger partial charge in [-0.1, -0.05) is 30.3 Å². The third kappa shape index (κ3) is 10.6. The molecule has 0 atom stereocenters. The van der Waals surface area contributed by atoms with Crippen molar-refractivity contribution in [3.63, 3.8) is 0 Å². The minimum atomic E-state index is -6.00. The average Bonchev–Trinajstić information content (AvgIpc) is 2.49. The quantitative estimate of drug-likeness (QED) is 0.215. The molecule has 0 aromatic heterocycles. The van der Waals surface area contributed by atoms with E-state index >= 15 is 0 Å². The Labute approximate surface area is 148 Å². The molecule has 23 heavy (non-hydrogen) atoms. The van der Waals surface area contributed by atoms with E-state index in [4.69, 9.17) is 4.74 Å². The van der Waals surface area contributed by atoms with E-state index in [1.807, 2.05) is 11.8 Å². The van der Waals surface area contributed by atoms with Crippen molar-refractivity contribution in [2.24, 2.45) is 0 Å². The maximum Gasteiger partial charge on any atom is 0.673 e. The van der Waals surface area contributed by atoms with Crippen LogP contribution in [0.4, 0.5) is 17.3 Å². The molecule has 0 unspecified atom stereocenters. The lowest BCUT2D eigenvalue weighted by Gasteiger charge is -2.00. The number of benzene rings is 2. The van der Waals surface area contributed by atoms with E-state index in [1.165, 1.54) is 12.0 Å². The molecular formula is C15H16BF4IOS. The van der Waals surface area contributed by atoms with Gasteiger partial charge in [0, 0.05) is 12.9 Å². The Bertz CT molecular complexity index is 563. The summed E-state index contributed by atoms with van der Waals surface area (Å²) in [5, 5.41) is 0. The van der Waals surface area contributed by atoms with Gasteiger partial charge in [0.1, 0.15) is 0 Å². The zero-order chi connectivity index (χ0) is 17.1. The Balaban J connectivity index is 0.000000463. The third-order valence-electron chi connectivity index (χ3n) is 2.33. The lowest BCUT2D eigenvalue weighted by Crippen LogP contribution is -3.61. The minimum Gasteiger partial charge on any atom is -0.418 e. The molecule has 1 nitrogen and oxygen atoms in total. The van der Waals surface area contributed by atoms with Crippen LogP contribution >= 0.6 is 11.8 Å². The molecule has 0 aliphatic carbocycles. The minimum absolute atomic E-state index is 0.0769. The number of halogens is 5. The Morgan fingerprint density at radius 2 is 1.52 bits per heavy atom. The molecule has 0 aliphatic rings. The maximum atomic E-state index is 9.75. The Hall–Kier alpha value is -0.735. The van der Waals surface area contributed by atoms with Crippen LogP contribution in [0.15, 0.2) is 59.5 Å². The smallest absolute Gasteiger partial charge is 0.418 e. The second-order valence-electron chi connectivity index (χ2n) is 4.16. The summed E-state index contributed by atoms with van der Waals surface area (Å²) in [6.07, 6.45) is 0. The van der Waals surface area contributed by atoms with Crippen molar-refractivity contribution in [2.45, 2.75) is 4.90 Å². The fraction of sp³-hybridized carbons (Fsp3) is 0.200. The molecule has 0 N–H and O–H groups in total. The first-order chi connectivity index (χ1) is 10.9.